The Kier molecular flexibility index (Phi) is 36.7. The molecule has 0 saturated carbocycles. The van der Waals surface area contributed by atoms with Crippen molar-refractivity contribution in [2.45, 2.75) is 263 Å². The van der Waals surface area contributed by atoms with Gasteiger partial charge in [-0.05, 0) is 12.8 Å². The molecule has 9 nitrogen and oxygen atoms in total. The maximum absolute atomic E-state index is 12.8. The summed E-state index contributed by atoms with van der Waals surface area (Å²) in [7, 11) is 0. The summed E-state index contributed by atoms with van der Waals surface area (Å²) in [5, 5.41) is 40.1. The minimum absolute atomic E-state index is 0.105. The Morgan fingerprint density at radius 3 is 1.29 bits per heavy atom. The first kappa shape index (κ1) is 52.2. The lowest BCUT2D eigenvalue weighted by Crippen LogP contribution is -2.59. The van der Waals surface area contributed by atoms with E-state index in [1.807, 2.05) is 0 Å². The fraction of sp³-hybridized carbons (Fsp3) is 0.978. The summed E-state index contributed by atoms with van der Waals surface area (Å²) < 4.78 is 22.8. The highest BCUT2D eigenvalue weighted by atomic mass is 16.7. The van der Waals surface area contributed by atoms with Crippen LogP contribution in [0.15, 0.2) is 0 Å². The molecule has 0 aromatic carbocycles. The molecule has 1 heterocycles. The van der Waals surface area contributed by atoms with Crippen molar-refractivity contribution >= 4 is 5.97 Å². The minimum atomic E-state index is -1.53. The highest BCUT2D eigenvalue weighted by molar-refractivity contribution is 5.69. The van der Waals surface area contributed by atoms with Gasteiger partial charge in [-0.3, -0.25) is 4.79 Å². The van der Waals surface area contributed by atoms with Crippen molar-refractivity contribution in [2.24, 2.45) is 0 Å². The van der Waals surface area contributed by atoms with E-state index in [1.54, 1.807) is 0 Å². The molecule has 0 aliphatic carbocycles. The van der Waals surface area contributed by atoms with Crippen LogP contribution in [0.4, 0.5) is 0 Å². The van der Waals surface area contributed by atoms with Crippen molar-refractivity contribution < 1.29 is 44.2 Å². The molecule has 55 heavy (non-hydrogen) atoms. The van der Waals surface area contributed by atoms with E-state index in [9.17, 15) is 25.2 Å². The zero-order valence-corrected chi connectivity index (χ0v) is 36.0. The van der Waals surface area contributed by atoms with Crippen molar-refractivity contribution in [3.8, 4) is 0 Å². The van der Waals surface area contributed by atoms with Crippen LogP contribution in [0.1, 0.15) is 226 Å². The smallest absolute Gasteiger partial charge is 0.306 e. The summed E-state index contributed by atoms with van der Waals surface area (Å²) in [5.41, 5.74) is 0. The van der Waals surface area contributed by atoms with Crippen LogP contribution in [0.25, 0.3) is 0 Å². The van der Waals surface area contributed by atoms with Crippen LogP contribution in [0.2, 0.25) is 0 Å². The molecule has 4 N–H and O–H groups in total. The third-order valence-corrected chi connectivity index (χ3v) is 11.3. The molecule has 0 aromatic rings. The number of esters is 1. The van der Waals surface area contributed by atoms with E-state index in [0.717, 1.165) is 32.1 Å². The number of ether oxygens (including phenoxy) is 4. The monoisotopic (exact) mass is 787 g/mol. The number of carbonyl (C=O) groups is 1. The van der Waals surface area contributed by atoms with Crippen molar-refractivity contribution in [1.29, 1.82) is 0 Å². The molecule has 0 amide bonds. The molecule has 9 heteroatoms. The maximum Gasteiger partial charge on any atom is 0.306 e. The first-order valence-electron chi connectivity index (χ1n) is 23.6. The quantitative estimate of drug-likeness (QED) is 0.0353. The van der Waals surface area contributed by atoms with Gasteiger partial charge in [0, 0.05) is 13.0 Å². The van der Waals surface area contributed by atoms with Crippen LogP contribution >= 0.6 is 0 Å². The van der Waals surface area contributed by atoms with Crippen LogP contribution in [0, 0.1) is 0 Å². The lowest BCUT2D eigenvalue weighted by molar-refractivity contribution is -0.305. The zero-order chi connectivity index (χ0) is 40.0. The maximum atomic E-state index is 12.8. The number of carbonyl (C=O) groups excluding carboxylic acids is 1. The SMILES string of the molecule is CCCCCCCCCCCCCCCCCCCCC(=O)OC(COCCCCCCCCCCCCCCCC)COC1OC(CO)C(O)C(O)C1O. The number of aliphatic hydroxyl groups excluding tert-OH is 4. The fourth-order valence-corrected chi connectivity index (χ4v) is 7.55. The molecule has 0 bridgehead atoms. The molecule has 1 saturated heterocycles. The second-order valence-electron chi connectivity index (χ2n) is 16.6. The van der Waals surface area contributed by atoms with Crippen LogP contribution in [0.3, 0.4) is 0 Å². The lowest BCUT2D eigenvalue weighted by Gasteiger charge is -2.39. The highest BCUT2D eigenvalue weighted by Gasteiger charge is 2.44. The van der Waals surface area contributed by atoms with E-state index in [2.05, 4.69) is 13.8 Å². The standard InChI is InChI=1S/C46H90O9/c1-3-5-7-9-11-13-15-17-19-20-21-22-23-25-27-29-31-33-35-42(48)54-40(39-53-46-45(51)44(50)43(49)41(37-47)55-46)38-52-36-34-32-30-28-26-24-18-16-14-12-10-8-6-4-2/h40-41,43-47,49-51H,3-39H2,1-2H3. The van der Waals surface area contributed by atoms with Gasteiger partial charge in [0.25, 0.3) is 0 Å². The number of unbranched alkanes of at least 4 members (excludes halogenated alkanes) is 30. The molecule has 0 aromatic heterocycles. The van der Waals surface area contributed by atoms with E-state index in [-0.39, 0.29) is 19.2 Å². The second-order valence-corrected chi connectivity index (χ2v) is 16.6. The normalized spacial score (nSPS) is 20.6. The van der Waals surface area contributed by atoms with Crippen molar-refractivity contribution in [1.82, 2.24) is 0 Å². The van der Waals surface area contributed by atoms with Gasteiger partial charge in [0.2, 0.25) is 0 Å². The second kappa shape index (κ2) is 38.7. The molecule has 6 unspecified atom stereocenters. The molecule has 1 fully saturated rings. The van der Waals surface area contributed by atoms with Gasteiger partial charge < -0.3 is 39.4 Å². The zero-order valence-electron chi connectivity index (χ0n) is 36.0. The molecule has 1 rings (SSSR count). The van der Waals surface area contributed by atoms with Crippen molar-refractivity contribution in [3.05, 3.63) is 0 Å². The van der Waals surface area contributed by atoms with Gasteiger partial charge in [0.15, 0.2) is 6.29 Å². The van der Waals surface area contributed by atoms with Crippen molar-refractivity contribution in [3.63, 3.8) is 0 Å². The van der Waals surface area contributed by atoms with E-state index in [4.69, 9.17) is 18.9 Å². The largest absolute Gasteiger partial charge is 0.457 e. The van der Waals surface area contributed by atoms with E-state index in [0.29, 0.717) is 13.0 Å². The number of hydrogen-bond acceptors (Lipinski definition) is 9. The minimum Gasteiger partial charge on any atom is -0.457 e. The van der Waals surface area contributed by atoms with Gasteiger partial charge in [0.1, 0.15) is 30.5 Å². The third kappa shape index (κ3) is 30.0. The summed E-state index contributed by atoms with van der Waals surface area (Å²) in [6.07, 6.45) is 34.1. The van der Waals surface area contributed by atoms with E-state index >= 15 is 0 Å². The fourth-order valence-electron chi connectivity index (χ4n) is 7.55. The number of aliphatic hydroxyl groups is 4. The summed E-state index contributed by atoms with van der Waals surface area (Å²) >= 11 is 0. The summed E-state index contributed by atoms with van der Waals surface area (Å²) in [5.74, 6) is -0.306. The Morgan fingerprint density at radius 1 is 0.509 bits per heavy atom. The Balaban J connectivity index is 2.22. The molecular formula is C46H90O9. The van der Waals surface area contributed by atoms with Crippen LogP contribution < -0.4 is 0 Å². The first-order chi connectivity index (χ1) is 26.9. The van der Waals surface area contributed by atoms with Gasteiger partial charge in [-0.25, -0.2) is 0 Å². The van der Waals surface area contributed by atoms with Crippen LogP contribution in [-0.2, 0) is 23.7 Å². The lowest BCUT2D eigenvalue weighted by atomic mass is 9.99. The Bertz CT molecular complexity index is 812. The van der Waals surface area contributed by atoms with Gasteiger partial charge >= 0.3 is 5.97 Å². The Morgan fingerprint density at radius 2 is 0.891 bits per heavy atom. The topological polar surface area (TPSA) is 135 Å². The summed E-state index contributed by atoms with van der Waals surface area (Å²) in [6, 6.07) is 0. The van der Waals surface area contributed by atoms with E-state index in [1.165, 1.54) is 173 Å². The third-order valence-electron chi connectivity index (χ3n) is 11.3. The Hall–Kier alpha value is -0.810. The van der Waals surface area contributed by atoms with Gasteiger partial charge in [0.05, 0.1) is 19.8 Å². The molecule has 6 atom stereocenters. The summed E-state index contributed by atoms with van der Waals surface area (Å²) in [6.45, 7) is 4.61. The predicted molar refractivity (Wildman–Crippen MR) is 224 cm³/mol. The van der Waals surface area contributed by atoms with Gasteiger partial charge in [-0.1, -0.05) is 206 Å². The predicted octanol–water partition coefficient (Wildman–Crippen LogP) is 10.6. The highest BCUT2D eigenvalue weighted by Crippen LogP contribution is 2.23. The van der Waals surface area contributed by atoms with Crippen LogP contribution in [-0.4, -0.2) is 89.6 Å². The van der Waals surface area contributed by atoms with Crippen molar-refractivity contribution in [2.75, 3.05) is 26.4 Å². The van der Waals surface area contributed by atoms with E-state index < -0.39 is 43.4 Å². The Labute approximate surface area is 338 Å². The number of hydrogen-bond donors (Lipinski definition) is 4. The average molecular weight is 787 g/mol. The number of rotatable bonds is 41. The van der Waals surface area contributed by atoms with Crippen LogP contribution in [0.5, 0.6) is 0 Å². The molecule has 1 aliphatic rings. The molecule has 1 aliphatic heterocycles. The molecule has 328 valence electrons. The molecular weight excluding hydrogens is 696 g/mol. The molecule has 0 radical (unpaired) electrons. The van der Waals surface area contributed by atoms with Gasteiger partial charge in [-0.2, -0.15) is 0 Å². The summed E-state index contributed by atoms with van der Waals surface area (Å²) in [4.78, 5) is 12.8. The first-order valence-corrected chi connectivity index (χ1v) is 23.6. The average Bonchev–Trinajstić information content (AvgIpc) is 3.18. The van der Waals surface area contributed by atoms with Gasteiger partial charge in [-0.15, -0.1) is 0 Å². The molecule has 0 spiro atoms.